The minimum Gasteiger partial charge on any atom is -0.278 e. The van der Waals surface area contributed by atoms with E-state index in [0.717, 1.165) is 32.5 Å². The summed E-state index contributed by atoms with van der Waals surface area (Å²) in [7, 11) is 0. The fourth-order valence-electron chi connectivity index (χ4n) is 9.41. The highest BCUT2D eigenvalue weighted by Crippen LogP contribution is 2.57. The number of aromatic nitrogens is 3. The summed E-state index contributed by atoms with van der Waals surface area (Å²) in [5, 5.41) is 5.97. The molecule has 0 N–H and O–H groups in total. The van der Waals surface area contributed by atoms with Crippen LogP contribution in [0, 0.1) is 0 Å². The van der Waals surface area contributed by atoms with Gasteiger partial charge in [-0.15, -0.1) is 11.3 Å². The molecule has 55 heavy (non-hydrogen) atoms. The minimum atomic E-state index is -0.488. The molecule has 0 aliphatic heterocycles. The van der Waals surface area contributed by atoms with Crippen molar-refractivity contribution in [2.45, 2.75) is 5.41 Å². The van der Waals surface area contributed by atoms with Gasteiger partial charge >= 0.3 is 0 Å². The summed E-state index contributed by atoms with van der Waals surface area (Å²) in [5.41, 5.74) is 12.3. The number of nitrogens with zero attached hydrogens (tertiary/aromatic N) is 3. The zero-order valence-corrected chi connectivity index (χ0v) is 30.5. The van der Waals surface area contributed by atoms with Crippen LogP contribution in [0.4, 0.5) is 0 Å². The van der Waals surface area contributed by atoms with Gasteiger partial charge in [-0.25, -0.2) is 9.97 Å². The molecule has 12 rings (SSSR count). The predicted molar refractivity (Wildman–Crippen MR) is 230 cm³/mol. The molecule has 8 aromatic carbocycles. The predicted octanol–water partition coefficient (Wildman–Crippen LogP) is 13.1. The first-order chi connectivity index (χ1) is 27.3. The van der Waals surface area contributed by atoms with Crippen molar-refractivity contribution in [3.8, 4) is 28.3 Å². The van der Waals surface area contributed by atoms with Gasteiger partial charge in [-0.2, -0.15) is 0 Å². The van der Waals surface area contributed by atoms with E-state index in [9.17, 15) is 0 Å². The molecule has 0 spiro atoms. The van der Waals surface area contributed by atoms with Crippen molar-refractivity contribution in [2.75, 3.05) is 0 Å². The molecule has 0 amide bonds. The Kier molecular flexibility index (Phi) is 6.42. The number of hydrogen-bond donors (Lipinski definition) is 0. The highest BCUT2D eigenvalue weighted by molar-refractivity contribution is 7.26. The van der Waals surface area contributed by atoms with Crippen LogP contribution in [0.15, 0.2) is 188 Å². The number of hydrogen-bond acceptors (Lipinski definition) is 3. The van der Waals surface area contributed by atoms with E-state index in [2.05, 4.69) is 193 Å². The molecule has 256 valence electrons. The van der Waals surface area contributed by atoms with Crippen LogP contribution in [0.25, 0.3) is 81.2 Å². The molecule has 0 bridgehead atoms. The molecule has 0 atom stereocenters. The van der Waals surface area contributed by atoms with Gasteiger partial charge in [0.25, 0.3) is 0 Å². The zero-order valence-electron chi connectivity index (χ0n) is 29.6. The van der Waals surface area contributed by atoms with Gasteiger partial charge < -0.3 is 0 Å². The number of para-hydroxylation sites is 1. The number of fused-ring (bicyclic) bond motifs is 11. The van der Waals surface area contributed by atoms with Crippen molar-refractivity contribution in [3.05, 3.63) is 210 Å². The maximum Gasteiger partial charge on any atom is 0.235 e. The highest BCUT2D eigenvalue weighted by atomic mass is 32.1. The molecule has 3 heterocycles. The minimum absolute atomic E-state index is 0.488. The van der Waals surface area contributed by atoms with E-state index in [0.29, 0.717) is 5.95 Å². The van der Waals surface area contributed by atoms with E-state index in [-0.39, 0.29) is 0 Å². The van der Waals surface area contributed by atoms with Gasteiger partial charge in [-0.05, 0) is 68.4 Å². The van der Waals surface area contributed by atoms with E-state index in [4.69, 9.17) is 9.97 Å². The van der Waals surface area contributed by atoms with Crippen molar-refractivity contribution in [3.63, 3.8) is 0 Å². The molecule has 0 fully saturated rings. The summed E-state index contributed by atoms with van der Waals surface area (Å²) in [5.74, 6) is 0.675. The number of benzene rings is 8. The van der Waals surface area contributed by atoms with E-state index in [1.165, 1.54) is 65.0 Å². The molecule has 0 radical (unpaired) electrons. The van der Waals surface area contributed by atoms with Crippen molar-refractivity contribution in [1.82, 2.24) is 14.5 Å². The van der Waals surface area contributed by atoms with Crippen molar-refractivity contribution >= 4 is 64.2 Å². The van der Waals surface area contributed by atoms with Gasteiger partial charge in [0.2, 0.25) is 5.95 Å². The second-order valence-corrected chi connectivity index (χ2v) is 15.5. The summed E-state index contributed by atoms with van der Waals surface area (Å²) in [6.07, 6.45) is 0. The first-order valence-corrected chi connectivity index (χ1v) is 19.6. The smallest absolute Gasteiger partial charge is 0.235 e. The van der Waals surface area contributed by atoms with Crippen molar-refractivity contribution in [2.24, 2.45) is 0 Å². The standard InChI is InChI=1S/C51H31N3S/c1-4-17-33(18-5-1)47-49-48(46-36-23-11-10-16-32(36)28-29-45(46)55-49)53-50(52-47)54-43-27-15-13-25-38(43)40-30-42-39(31-44(40)54)37-24-12-14-26-41(37)51(42,34-19-6-2-7-20-34)35-21-8-3-9-22-35/h1-31H. The molecular weight excluding hydrogens is 687 g/mol. The zero-order chi connectivity index (χ0) is 36.1. The van der Waals surface area contributed by atoms with Crippen LogP contribution in [0.3, 0.4) is 0 Å². The Morgan fingerprint density at radius 1 is 0.473 bits per heavy atom. The van der Waals surface area contributed by atoms with Gasteiger partial charge in [0.1, 0.15) is 0 Å². The van der Waals surface area contributed by atoms with Crippen molar-refractivity contribution in [1.29, 1.82) is 0 Å². The topological polar surface area (TPSA) is 30.7 Å². The molecule has 1 aliphatic rings. The fourth-order valence-corrected chi connectivity index (χ4v) is 10.6. The Balaban J connectivity index is 1.23. The molecular formula is C51H31N3S. The Morgan fingerprint density at radius 2 is 1.13 bits per heavy atom. The lowest BCUT2D eigenvalue weighted by atomic mass is 9.67. The van der Waals surface area contributed by atoms with Crippen LogP contribution < -0.4 is 0 Å². The van der Waals surface area contributed by atoms with Crippen molar-refractivity contribution < 1.29 is 0 Å². The molecule has 0 saturated carbocycles. The Hall–Kier alpha value is -6.88. The summed E-state index contributed by atoms with van der Waals surface area (Å²) < 4.78 is 4.62. The Morgan fingerprint density at radius 3 is 1.91 bits per heavy atom. The third-order valence-corrected chi connectivity index (χ3v) is 12.8. The monoisotopic (exact) mass is 717 g/mol. The Labute approximate surface area is 321 Å². The van der Waals surface area contributed by atoms with Gasteiger partial charge in [0.15, 0.2) is 0 Å². The lowest BCUT2D eigenvalue weighted by Gasteiger charge is -2.33. The van der Waals surface area contributed by atoms with Crippen LogP contribution in [-0.2, 0) is 5.41 Å². The third-order valence-electron chi connectivity index (χ3n) is 11.7. The van der Waals surface area contributed by atoms with E-state index < -0.39 is 5.41 Å². The first-order valence-electron chi connectivity index (χ1n) is 18.8. The SMILES string of the molecule is c1ccc(-c2nc(-n3c4ccccc4c4cc5c(cc43)-c3ccccc3C5(c3ccccc3)c3ccccc3)nc3c2sc2ccc4ccccc4c23)cc1. The summed E-state index contributed by atoms with van der Waals surface area (Å²) in [6.45, 7) is 0. The molecule has 4 heteroatoms. The summed E-state index contributed by atoms with van der Waals surface area (Å²) >= 11 is 1.78. The van der Waals surface area contributed by atoms with Crippen LogP contribution in [0.5, 0.6) is 0 Å². The maximum atomic E-state index is 5.57. The average molecular weight is 718 g/mol. The highest BCUT2D eigenvalue weighted by Gasteiger charge is 2.46. The van der Waals surface area contributed by atoms with Crippen LogP contribution in [0.1, 0.15) is 22.3 Å². The molecule has 1 aliphatic carbocycles. The Bertz CT molecular complexity index is 3270. The van der Waals surface area contributed by atoms with Gasteiger partial charge in [0, 0.05) is 26.4 Å². The second-order valence-electron chi connectivity index (χ2n) is 14.5. The lowest BCUT2D eigenvalue weighted by Crippen LogP contribution is -2.28. The fraction of sp³-hybridized carbons (Fsp3) is 0.0196. The molecule has 3 nitrogen and oxygen atoms in total. The quantitative estimate of drug-likeness (QED) is 0.181. The molecule has 0 saturated heterocycles. The third kappa shape index (κ3) is 4.20. The van der Waals surface area contributed by atoms with Crippen LogP contribution in [0.2, 0.25) is 0 Å². The average Bonchev–Trinajstić information content (AvgIpc) is 3.90. The maximum absolute atomic E-state index is 5.57. The second kappa shape index (κ2) is 11.6. The summed E-state index contributed by atoms with van der Waals surface area (Å²) in [4.78, 5) is 11.1. The van der Waals surface area contributed by atoms with Gasteiger partial charge in [-0.1, -0.05) is 164 Å². The number of thiophene rings is 1. The van der Waals surface area contributed by atoms with Gasteiger partial charge in [-0.3, -0.25) is 4.57 Å². The lowest BCUT2D eigenvalue weighted by molar-refractivity contribution is 0.769. The number of rotatable bonds is 4. The molecule has 0 unspecified atom stereocenters. The molecule has 3 aromatic heterocycles. The van der Waals surface area contributed by atoms with E-state index >= 15 is 0 Å². The first kappa shape index (κ1) is 30.6. The largest absolute Gasteiger partial charge is 0.278 e. The van der Waals surface area contributed by atoms with E-state index in [1.807, 2.05) is 0 Å². The van der Waals surface area contributed by atoms with Gasteiger partial charge in [0.05, 0.1) is 32.4 Å². The molecule has 11 aromatic rings. The normalized spacial score (nSPS) is 13.2. The van der Waals surface area contributed by atoms with Crippen LogP contribution in [-0.4, -0.2) is 14.5 Å². The van der Waals surface area contributed by atoms with E-state index in [1.54, 1.807) is 11.3 Å². The summed E-state index contributed by atoms with van der Waals surface area (Å²) in [6, 6.07) is 68.3. The van der Waals surface area contributed by atoms with Crippen LogP contribution >= 0.6 is 11.3 Å².